The van der Waals surface area contributed by atoms with Gasteiger partial charge in [0.2, 0.25) is 0 Å². The molecule has 0 atom stereocenters. The molecule has 0 bridgehead atoms. The third-order valence-electron chi connectivity index (χ3n) is 3.51. The summed E-state index contributed by atoms with van der Waals surface area (Å²) in [4.78, 5) is 0. The van der Waals surface area contributed by atoms with Crippen LogP contribution in [0.1, 0.15) is 5.56 Å². The molecule has 6 heteroatoms. The number of benzene rings is 3. The molecule has 0 heterocycles. The van der Waals surface area contributed by atoms with Crippen LogP contribution >= 0.6 is 12.2 Å². The first-order chi connectivity index (χ1) is 11.4. The molecule has 0 saturated heterocycles. The SMILES string of the molecule is FC(F)(F)c1ccc(NC(=S)Nc2cccc3ccccc23)cc1. The fraction of sp³-hybridized carbons (Fsp3) is 0.0556. The van der Waals surface area contributed by atoms with Gasteiger partial charge in [0.15, 0.2) is 5.11 Å². The first-order valence-electron chi connectivity index (χ1n) is 7.16. The van der Waals surface area contributed by atoms with Crippen LogP contribution < -0.4 is 10.6 Å². The highest BCUT2D eigenvalue weighted by molar-refractivity contribution is 7.80. The minimum atomic E-state index is -4.35. The smallest absolute Gasteiger partial charge is 0.332 e. The molecular weight excluding hydrogens is 333 g/mol. The number of hydrogen-bond acceptors (Lipinski definition) is 1. The topological polar surface area (TPSA) is 24.1 Å². The maximum atomic E-state index is 12.6. The van der Waals surface area contributed by atoms with Crippen LogP contribution in [-0.2, 0) is 6.18 Å². The van der Waals surface area contributed by atoms with Gasteiger partial charge in [0.25, 0.3) is 0 Å². The van der Waals surface area contributed by atoms with E-state index in [0.29, 0.717) is 10.8 Å². The molecular formula is C18H13F3N2S. The molecule has 0 amide bonds. The van der Waals surface area contributed by atoms with E-state index in [-0.39, 0.29) is 0 Å². The van der Waals surface area contributed by atoms with Gasteiger partial charge in [0, 0.05) is 16.8 Å². The summed E-state index contributed by atoms with van der Waals surface area (Å²) < 4.78 is 37.7. The van der Waals surface area contributed by atoms with Crippen molar-refractivity contribution in [3.63, 3.8) is 0 Å². The second kappa shape index (κ2) is 6.49. The van der Waals surface area contributed by atoms with Gasteiger partial charge in [0.05, 0.1) is 5.56 Å². The highest BCUT2D eigenvalue weighted by Gasteiger charge is 2.29. The number of nitrogens with one attached hydrogen (secondary N) is 2. The number of rotatable bonds is 2. The van der Waals surface area contributed by atoms with E-state index in [2.05, 4.69) is 10.6 Å². The Hall–Kier alpha value is -2.60. The highest BCUT2D eigenvalue weighted by atomic mass is 32.1. The molecule has 0 aliphatic carbocycles. The van der Waals surface area contributed by atoms with E-state index in [1.165, 1.54) is 12.1 Å². The van der Waals surface area contributed by atoms with E-state index < -0.39 is 11.7 Å². The molecule has 2 nitrogen and oxygen atoms in total. The Kier molecular flexibility index (Phi) is 4.40. The van der Waals surface area contributed by atoms with Gasteiger partial charge in [-0.2, -0.15) is 13.2 Å². The maximum Gasteiger partial charge on any atom is 0.416 e. The van der Waals surface area contributed by atoms with E-state index in [1.54, 1.807) is 0 Å². The standard InChI is InChI=1S/C18H13F3N2S/c19-18(20,21)13-8-10-14(11-9-13)22-17(24)23-16-7-3-5-12-4-1-2-6-15(12)16/h1-11H,(H2,22,23,24). The summed E-state index contributed by atoms with van der Waals surface area (Å²) in [5.41, 5.74) is 0.624. The van der Waals surface area contributed by atoms with E-state index in [1.807, 2.05) is 42.5 Å². The third-order valence-corrected chi connectivity index (χ3v) is 3.71. The Labute approximate surface area is 142 Å². The van der Waals surface area contributed by atoms with Crippen LogP contribution in [0.3, 0.4) is 0 Å². The molecule has 0 radical (unpaired) electrons. The second-order valence-electron chi connectivity index (χ2n) is 5.18. The van der Waals surface area contributed by atoms with Gasteiger partial charge in [0.1, 0.15) is 0 Å². The third kappa shape index (κ3) is 3.65. The van der Waals surface area contributed by atoms with Crippen molar-refractivity contribution in [1.82, 2.24) is 0 Å². The summed E-state index contributed by atoms with van der Waals surface area (Å²) in [6, 6.07) is 18.4. The largest absolute Gasteiger partial charge is 0.416 e. The van der Waals surface area contributed by atoms with Crippen molar-refractivity contribution in [3.05, 3.63) is 72.3 Å². The molecule has 2 N–H and O–H groups in total. The van der Waals surface area contributed by atoms with Crippen molar-refractivity contribution in [3.8, 4) is 0 Å². The molecule has 0 aliphatic heterocycles. The Morgan fingerprint density at radius 1 is 0.792 bits per heavy atom. The minimum Gasteiger partial charge on any atom is -0.332 e. The summed E-state index contributed by atoms with van der Waals surface area (Å²) in [6.45, 7) is 0. The number of anilines is 2. The maximum absolute atomic E-state index is 12.6. The zero-order valence-electron chi connectivity index (χ0n) is 12.4. The molecule has 122 valence electrons. The number of fused-ring (bicyclic) bond motifs is 1. The molecule has 0 aliphatic rings. The first-order valence-corrected chi connectivity index (χ1v) is 7.57. The van der Waals surface area contributed by atoms with Crippen molar-refractivity contribution in [2.75, 3.05) is 10.6 Å². The summed E-state index contributed by atoms with van der Waals surface area (Å²) in [5, 5.41) is 8.35. The van der Waals surface area contributed by atoms with Gasteiger partial charge >= 0.3 is 6.18 Å². The Bertz CT molecular complexity index is 868. The van der Waals surface area contributed by atoms with Crippen molar-refractivity contribution < 1.29 is 13.2 Å². The quantitative estimate of drug-likeness (QED) is 0.585. The molecule has 0 aromatic heterocycles. The lowest BCUT2D eigenvalue weighted by Crippen LogP contribution is -2.19. The number of halogens is 3. The van der Waals surface area contributed by atoms with Crippen LogP contribution in [-0.4, -0.2) is 5.11 Å². The molecule has 0 saturated carbocycles. The molecule has 24 heavy (non-hydrogen) atoms. The van der Waals surface area contributed by atoms with Crippen LogP contribution in [0.25, 0.3) is 10.8 Å². The minimum absolute atomic E-state index is 0.311. The fourth-order valence-electron chi connectivity index (χ4n) is 2.36. The summed E-state index contributed by atoms with van der Waals surface area (Å²) in [5.74, 6) is 0. The predicted octanol–water partition coefficient (Wildman–Crippen LogP) is 5.67. The highest BCUT2D eigenvalue weighted by Crippen LogP contribution is 2.30. The number of thiocarbonyl (C=S) groups is 1. The average molecular weight is 346 g/mol. The summed E-state index contributed by atoms with van der Waals surface area (Å²) >= 11 is 5.24. The fourth-order valence-corrected chi connectivity index (χ4v) is 2.59. The Morgan fingerprint density at radius 2 is 1.46 bits per heavy atom. The average Bonchev–Trinajstić information content (AvgIpc) is 2.55. The van der Waals surface area contributed by atoms with E-state index in [4.69, 9.17) is 12.2 Å². The van der Waals surface area contributed by atoms with Gasteiger partial charge in [-0.1, -0.05) is 36.4 Å². The second-order valence-corrected chi connectivity index (χ2v) is 5.59. The number of hydrogen-bond donors (Lipinski definition) is 2. The monoisotopic (exact) mass is 346 g/mol. The number of alkyl halides is 3. The van der Waals surface area contributed by atoms with Crippen molar-refractivity contribution in [2.24, 2.45) is 0 Å². The van der Waals surface area contributed by atoms with Crippen LogP contribution in [0.2, 0.25) is 0 Å². The van der Waals surface area contributed by atoms with E-state index in [0.717, 1.165) is 28.6 Å². The molecule has 0 spiro atoms. The van der Waals surface area contributed by atoms with Crippen LogP contribution in [0.5, 0.6) is 0 Å². The molecule has 0 unspecified atom stereocenters. The van der Waals surface area contributed by atoms with Crippen LogP contribution in [0.4, 0.5) is 24.5 Å². The van der Waals surface area contributed by atoms with Gasteiger partial charge in [-0.15, -0.1) is 0 Å². The Balaban J connectivity index is 1.73. The van der Waals surface area contributed by atoms with E-state index in [9.17, 15) is 13.2 Å². The lowest BCUT2D eigenvalue weighted by Gasteiger charge is -2.13. The van der Waals surface area contributed by atoms with Gasteiger partial charge < -0.3 is 10.6 Å². The molecule has 3 aromatic rings. The molecule has 3 aromatic carbocycles. The van der Waals surface area contributed by atoms with Crippen molar-refractivity contribution in [2.45, 2.75) is 6.18 Å². The van der Waals surface area contributed by atoms with Crippen molar-refractivity contribution in [1.29, 1.82) is 0 Å². The van der Waals surface area contributed by atoms with E-state index >= 15 is 0 Å². The van der Waals surface area contributed by atoms with Gasteiger partial charge in [-0.3, -0.25) is 0 Å². The lowest BCUT2D eigenvalue weighted by atomic mass is 10.1. The van der Waals surface area contributed by atoms with Gasteiger partial charge in [-0.05, 0) is 47.9 Å². The summed E-state index contributed by atoms with van der Waals surface area (Å²) in [6.07, 6.45) is -4.35. The predicted molar refractivity (Wildman–Crippen MR) is 95.2 cm³/mol. The lowest BCUT2D eigenvalue weighted by molar-refractivity contribution is -0.137. The van der Waals surface area contributed by atoms with Crippen LogP contribution in [0, 0.1) is 0 Å². The van der Waals surface area contributed by atoms with Crippen molar-refractivity contribution >= 4 is 39.5 Å². The zero-order valence-corrected chi connectivity index (χ0v) is 13.2. The first kappa shape index (κ1) is 16.3. The normalized spacial score (nSPS) is 11.3. The Morgan fingerprint density at radius 3 is 2.17 bits per heavy atom. The van der Waals surface area contributed by atoms with Gasteiger partial charge in [-0.25, -0.2) is 0 Å². The summed E-state index contributed by atoms with van der Waals surface area (Å²) in [7, 11) is 0. The van der Waals surface area contributed by atoms with Crippen LogP contribution in [0.15, 0.2) is 66.7 Å². The molecule has 0 fully saturated rings. The zero-order chi connectivity index (χ0) is 17.2. The molecule has 3 rings (SSSR count).